The number of benzene rings is 1. The van der Waals surface area contributed by atoms with E-state index < -0.39 is 11.9 Å². The molecule has 1 amide bonds. The molecule has 0 unspecified atom stereocenters. The van der Waals surface area contributed by atoms with Crippen LogP contribution in [0.3, 0.4) is 0 Å². The largest absolute Gasteiger partial charge is 0.481 e. The third-order valence-corrected chi connectivity index (χ3v) is 4.57. The van der Waals surface area contributed by atoms with E-state index in [0.29, 0.717) is 29.4 Å². The fourth-order valence-corrected chi connectivity index (χ4v) is 3.18. The number of carbonyl (C=O) groups excluding carboxylic acids is 1. The first-order valence-corrected chi connectivity index (χ1v) is 7.65. The van der Waals surface area contributed by atoms with Gasteiger partial charge in [-0.3, -0.25) is 9.59 Å². The summed E-state index contributed by atoms with van der Waals surface area (Å²) in [5.41, 5.74) is 0.706. The predicted octanol–water partition coefficient (Wildman–Crippen LogP) is 2.84. The minimum Gasteiger partial charge on any atom is -0.481 e. The summed E-state index contributed by atoms with van der Waals surface area (Å²) in [6, 6.07) is 4.15. The SMILES string of the molecule is C[C@@H]1[C@H](C(=O)O)CCCN1C(=O)Cc1ccc(F)c(Br)c1. The van der Waals surface area contributed by atoms with Crippen molar-refractivity contribution in [2.24, 2.45) is 5.92 Å². The average Bonchev–Trinajstić information content (AvgIpc) is 2.42. The van der Waals surface area contributed by atoms with Gasteiger partial charge in [-0.1, -0.05) is 6.07 Å². The van der Waals surface area contributed by atoms with Crippen LogP contribution in [0.2, 0.25) is 0 Å². The van der Waals surface area contributed by atoms with Crippen LogP contribution in [0.15, 0.2) is 22.7 Å². The molecular formula is C15H17BrFNO3. The van der Waals surface area contributed by atoms with Gasteiger partial charge in [0.1, 0.15) is 5.82 Å². The molecule has 1 aliphatic rings. The Kier molecular flexibility index (Phi) is 4.98. The number of halogens is 2. The second-order valence-electron chi connectivity index (χ2n) is 5.34. The van der Waals surface area contributed by atoms with Crippen LogP contribution in [0, 0.1) is 11.7 Å². The van der Waals surface area contributed by atoms with Gasteiger partial charge in [-0.25, -0.2) is 4.39 Å². The van der Waals surface area contributed by atoms with Gasteiger partial charge in [0.15, 0.2) is 0 Å². The van der Waals surface area contributed by atoms with E-state index in [1.165, 1.54) is 6.07 Å². The van der Waals surface area contributed by atoms with Crippen molar-refractivity contribution < 1.29 is 19.1 Å². The quantitative estimate of drug-likeness (QED) is 0.904. The molecule has 1 aliphatic heterocycles. The Bertz CT molecular complexity index is 564. The van der Waals surface area contributed by atoms with Crippen molar-refractivity contribution >= 4 is 27.8 Å². The zero-order valence-corrected chi connectivity index (χ0v) is 13.3. The van der Waals surface area contributed by atoms with Crippen molar-refractivity contribution in [2.45, 2.75) is 32.2 Å². The maximum Gasteiger partial charge on any atom is 0.308 e. The number of piperidine rings is 1. The van der Waals surface area contributed by atoms with E-state index in [0.717, 1.165) is 0 Å². The van der Waals surface area contributed by atoms with Crippen molar-refractivity contribution in [3.05, 3.63) is 34.1 Å². The van der Waals surface area contributed by atoms with E-state index in [1.54, 1.807) is 24.0 Å². The first-order valence-electron chi connectivity index (χ1n) is 6.86. The summed E-state index contributed by atoms with van der Waals surface area (Å²) in [4.78, 5) is 25.2. The molecule has 6 heteroatoms. The van der Waals surface area contributed by atoms with Crippen molar-refractivity contribution in [1.82, 2.24) is 4.90 Å². The Morgan fingerprint density at radius 3 is 2.81 bits per heavy atom. The van der Waals surface area contributed by atoms with Crippen LogP contribution in [0.4, 0.5) is 4.39 Å². The number of carboxylic acids is 1. The number of hydrogen-bond donors (Lipinski definition) is 1. The Labute approximate surface area is 131 Å². The summed E-state index contributed by atoms with van der Waals surface area (Å²) in [6.07, 6.45) is 1.44. The lowest BCUT2D eigenvalue weighted by Crippen LogP contribution is -2.49. The maximum absolute atomic E-state index is 13.2. The summed E-state index contributed by atoms with van der Waals surface area (Å²) >= 11 is 3.09. The zero-order chi connectivity index (χ0) is 15.6. The van der Waals surface area contributed by atoms with Crippen LogP contribution >= 0.6 is 15.9 Å². The smallest absolute Gasteiger partial charge is 0.308 e. The summed E-state index contributed by atoms with van der Waals surface area (Å²) in [6.45, 7) is 2.35. The van der Waals surface area contributed by atoms with Gasteiger partial charge in [0.05, 0.1) is 16.8 Å². The summed E-state index contributed by atoms with van der Waals surface area (Å²) in [5.74, 6) is -1.86. The van der Waals surface area contributed by atoms with Crippen molar-refractivity contribution in [3.8, 4) is 0 Å². The Morgan fingerprint density at radius 1 is 1.48 bits per heavy atom. The topological polar surface area (TPSA) is 57.6 Å². The van der Waals surface area contributed by atoms with Crippen LogP contribution in [0.1, 0.15) is 25.3 Å². The van der Waals surface area contributed by atoms with Gasteiger partial charge in [0.2, 0.25) is 5.91 Å². The molecule has 1 N–H and O–H groups in total. The van der Waals surface area contributed by atoms with E-state index in [1.807, 2.05) is 0 Å². The monoisotopic (exact) mass is 357 g/mol. The van der Waals surface area contributed by atoms with E-state index in [-0.39, 0.29) is 24.2 Å². The molecule has 1 aromatic carbocycles. The lowest BCUT2D eigenvalue weighted by Gasteiger charge is -2.37. The van der Waals surface area contributed by atoms with Gasteiger partial charge in [0, 0.05) is 12.6 Å². The van der Waals surface area contributed by atoms with Gasteiger partial charge in [-0.15, -0.1) is 0 Å². The normalized spacial score (nSPS) is 22.1. The number of aliphatic carboxylic acids is 1. The van der Waals surface area contributed by atoms with Gasteiger partial charge in [-0.05, 0) is 53.4 Å². The van der Waals surface area contributed by atoms with Crippen molar-refractivity contribution in [1.29, 1.82) is 0 Å². The highest BCUT2D eigenvalue weighted by Gasteiger charge is 2.35. The molecule has 114 valence electrons. The van der Waals surface area contributed by atoms with Crippen molar-refractivity contribution in [3.63, 3.8) is 0 Å². The van der Waals surface area contributed by atoms with Crippen LogP contribution in [0.25, 0.3) is 0 Å². The fraction of sp³-hybridized carbons (Fsp3) is 0.467. The van der Waals surface area contributed by atoms with Gasteiger partial charge in [-0.2, -0.15) is 0 Å². The molecule has 4 nitrogen and oxygen atoms in total. The molecule has 1 fully saturated rings. The Hall–Kier alpha value is -1.43. The first-order chi connectivity index (χ1) is 9.90. The highest BCUT2D eigenvalue weighted by molar-refractivity contribution is 9.10. The van der Waals surface area contributed by atoms with E-state index in [9.17, 15) is 19.1 Å². The molecule has 2 rings (SSSR count). The number of hydrogen-bond acceptors (Lipinski definition) is 2. The molecule has 0 radical (unpaired) electrons. The van der Waals surface area contributed by atoms with Crippen LogP contribution < -0.4 is 0 Å². The van der Waals surface area contributed by atoms with Crippen molar-refractivity contribution in [2.75, 3.05) is 6.54 Å². The highest BCUT2D eigenvalue weighted by atomic mass is 79.9. The fourth-order valence-electron chi connectivity index (χ4n) is 2.75. The first kappa shape index (κ1) is 15.9. The zero-order valence-electron chi connectivity index (χ0n) is 11.7. The van der Waals surface area contributed by atoms with Gasteiger partial charge in [0.25, 0.3) is 0 Å². The number of rotatable bonds is 3. The Balaban J connectivity index is 2.08. The maximum atomic E-state index is 13.2. The van der Waals surface area contributed by atoms with E-state index in [2.05, 4.69) is 15.9 Å². The number of likely N-dealkylation sites (tertiary alicyclic amines) is 1. The number of nitrogens with zero attached hydrogens (tertiary/aromatic N) is 1. The lowest BCUT2D eigenvalue weighted by atomic mass is 9.90. The lowest BCUT2D eigenvalue weighted by molar-refractivity contribution is -0.148. The highest BCUT2D eigenvalue weighted by Crippen LogP contribution is 2.25. The third-order valence-electron chi connectivity index (χ3n) is 3.96. The molecule has 0 aliphatic carbocycles. The molecule has 1 saturated heterocycles. The Morgan fingerprint density at radius 2 is 2.19 bits per heavy atom. The molecule has 2 atom stereocenters. The van der Waals surface area contributed by atoms with Crippen LogP contribution in [-0.4, -0.2) is 34.5 Å². The molecule has 0 saturated carbocycles. The predicted molar refractivity (Wildman–Crippen MR) is 79.3 cm³/mol. The molecule has 1 heterocycles. The molecule has 21 heavy (non-hydrogen) atoms. The molecule has 0 spiro atoms. The van der Waals surface area contributed by atoms with Crippen LogP contribution in [0.5, 0.6) is 0 Å². The second-order valence-corrected chi connectivity index (χ2v) is 6.19. The average molecular weight is 358 g/mol. The summed E-state index contributed by atoms with van der Waals surface area (Å²) in [7, 11) is 0. The minimum absolute atomic E-state index is 0.119. The number of carboxylic acid groups (broad SMARTS) is 1. The van der Waals surface area contributed by atoms with E-state index in [4.69, 9.17) is 0 Å². The molecule has 0 bridgehead atoms. The number of amides is 1. The summed E-state index contributed by atoms with van der Waals surface area (Å²) < 4.78 is 13.5. The van der Waals surface area contributed by atoms with E-state index >= 15 is 0 Å². The molecule has 0 aromatic heterocycles. The van der Waals surface area contributed by atoms with Crippen LogP contribution in [-0.2, 0) is 16.0 Å². The van der Waals surface area contributed by atoms with Gasteiger partial charge < -0.3 is 10.0 Å². The molecule has 1 aromatic rings. The molecular weight excluding hydrogens is 341 g/mol. The number of carbonyl (C=O) groups is 2. The van der Waals surface area contributed by atoms with Gasteiger partial charge >= 0.3 is 5.97 Å². The summed E-state index contributed by atoms with van der Waals surface area (Å²) in [5, 5.41) is 9.18. The minimum atomic E-state index is -0.857. The second kappa shape index (κ2) is 6.56. The standard InChI is InChI=1S/C15H17BrFNO3/c1-9-11(15(20)21)3-2-6-18(9)14(19)8-10-4-5-13(17)12(16)7-10/h4-5,7,9,11H,2-3,6,8H2,1H3,(H,20,21)/t9-,11-/m1/s1. The third kappa shape index (κ3) is 3.61.